The summed E-state index contributed by atoms with van der Waals surface area (Å²) in [6, 6.07) is 10.3. The highest BCUT2D eigenvalue weighted by atomic mass is 32.1. The number of fused-ring (bicyclic) bond motifs is 3. The van der Waals surface area contributed by atoms with E-state index in [2.05, 4.69) is 5.32 Å². The van der Waals surface area contributed by atoms with Crippen LogP contribution in [0.25, 0.3) is 10.2 Å². The van der Waals surface area contributed by atoms with Gasteiger partial charge in [0.2, 0.25) is 5.91 Å². The van der Waals surface area contributed by atoms with Gasteiger partial charge in [0.25, 0.3) is 5.91 Å². The lowest BCUT2D eigenvalue weighted by molar-refractivity contribution is -0.134. The molecular weight excluding hydrogens is 413 g/mol. The third-order valence-electron chi connectivity index (χ3n) is 6.69. The van der Waals surface area contributed by atoms with Crippen LogP contribution in [0.15, 0.2) is 41.8 Å². The molecule has 1 N–H and O–H groups in total. The molecule has 0 spiro atoms. The van der Waals surface area contributed by atoms with Crippen LogP contribution in [0.2, 0.25) is 0 Å². The van der Waals surface area contributed by atoms with Gasteiger partial charge in [-0.1, -0.05) is 31.4 Å². The quantitative estimate of drug-likeness (QED) is 0.640. The number of carbonyl (C=O) groups is 2. The van der Waals surface area contributed by atoms with Crippen molar-refractivity contribution < 1.29 is 14.0 Å². The molecule has 3 aromatic rings. The van der Waals surface area contributed by atoms with E-state index >= 15 is 0 Å². The summed E-state index contributed by atoms with van der Waals surface area (Å²) >= 11 is 1.58. The maximum atomic E-state index is 13.8. The molecule has 5 rings (SSSR count). The lowest BCUT2D eigenvalue weighted by atomic mass is 9.91. The highest BCUT2D eigenvalue weighted by Gasteiger charge is 2.48. The van der Waals surface area contributed by atoms with Crippen molar-refractivity contribution in [2.75, 3.05) is 0 Å². The van der Waals surface area contributed by atoms with Gasteiger partial charge in [0.15, 0.2) is 0 Å². The molecule has 1 atom stereocenters. The Labute approximate surface area is 184 Å². The summed E-state index contributed by atoms with van der Waals surface area (Å²) in [6.07, 6.45) is 5.39. The van der Waals surface area contributed by atoms with Gasteiger partial charge in [-0.2, -0.15) is 0 Å². The number of carbonyl (C=O) groups excluding carboxylic acids is 2. The first kappa shape index (κ1) is 20.2. The molecule has 2 aliphatic rings. The van der Waals surface area contributed by atoms with Gasteiger partial charge in [0, 0.05) is 18.0 Å². The molecule has 2 amide bonds. The lowest BCUT2D eigenvalue weighted by Crippen LogP contribution is -2.64. The predicted molar refractivity (Wildman–Crippen MR) is 120 cm³/mol. The standard InChI is InChI=1S/C24H26FN3O2S/c1-24(23(30)26-19-8-3-2-4-9-19)15-27-20(13-17-10-11-31-22(17)27)21(29)28(24)14-16-6-5-7-18(25)12-16/h5-7,10-13,19H,2-4,8-9,14-15H2,1H3,(H,26,30)/t24-/m1/s1. The summed E-state index contributed by atoms with van der Waals surface area (Å²) in [5, 5.41) is 6.24. The zero-order chi connectivity index (χ0) is 21.6. The van der Waals surface area contributed by atoms with Crippen LogP contribution in [0, 0.1) is 5.82 Å². The molecule has 0 unspecified atom stereocenters. The number of hydrogen-bond acceptors (Lipinski definition) is 3. The summed E-state index contributed by atoms with van der Waals surface area (Å²) in [7, 11) is 0. The van der Waals surface area contributed by atoms with Gasteiger partial charge in [-0.3, -0.25) is 9.59 Å². The van der Waals surface area contributed by atoms with Crippen molar-refractivity contribution in [3.05, 3.63) is 58.9 Å². The Morgan fingerprint density at radius 2 is 2.03 bits per heavy atom. The van der Waals surface area contributed by atoms with E-state index in [0.29, 0.717) is 17.8 Å². The van der Waals surface area contributed by atoms with E-state index in [4.69, 9.17) is 0 Å². The fourth-order valence-corrected chi connectivity index (χ4v) is 5.81. The first-order chi connectivity index (χ1) is 15.0. The third-order valence-corrected chi connectivity index (χ3v) is 7.64. The molecule has 0 saturated heterocycles. The van der Waals surface area contributed by atoms with Crippen molar-refractivity contribution in [3.63, 3.8) is 0 Å². The van der Waals surface area contributed by atoms with Gasteiger partial charge in [0.05, 0.1) is 6.54 Å². The fraction of sp³-hybridized carbons (Fsp3) is 0.417. The fourth-order valence-electron chi connectivity index (χ4n) is 4.91. The summed E-state index contributed by atoms with van der Waals surface area (Å²) < 4.78 is 15.8. The molecular formula is C24H26FN3O2S. The number of nitrogens with zero attached hydrogens (tertiary/aromatic N) is 2. The zero-order valence-electron chi connectivity index (χ0n) is 17.6. The van der Waals surface area contributed by atoms with Crippen LogP contribution in [0.3, 0.4) is 0 Å². The van der Waals surface area contributed by atoms with Crippen molar-refractivity contribution in [3.8, 4) is 0 Å². The molecule has 1 aliphatic carbocycles. The maximum Gasteiger partial charge on any atom is 0.271 e. The van der Waals surface area contributed by atoms with Gasteiger partial charge in [-0.15, -0.1) is 11.3 Å². The Balaban J connectivity index is 1.53. The average Bonchev–Trinajstić information content (AvgIpc) is 3.34. The molecule has 162 valence electrons. The summed E-state index contributed by atoms with van der Waals surface area (Å²) in [5.41, 5.74) is 0.192. The minimum atomic E-state index is -1.07. The van der Waals surface area contributed by atoms with Gasteiger partial charge in [0.1, 0.15) is 21.9 Å². The van der Waals surface area contributed by atoms with E-state index < -0.39 is 5.54 Å². The monoisotopic (exact) mass is 439 g/mol. The van der Waals surface area contributed by atoms with Crippen LogP contribution in [-0.2, 0) is 17.9 Å². The summed E-state index contributed by atoms with van der Waals surface area (Å²) in [4.78, 5) is 29.9. The van der Waals surface area contributed by atoms with Crippen LogP contribution in [-0.4, -0.2) is 32.9 Å². The van der Waals surface area contributed by atoms with Crippen molar-refractivity contribution in [1.82, 2.24) is 14.8 Å². The van der Waals surface area contributed by atoms with E-state index in [0.717, 1.165) is 35.9 Å². The van der Waals surface area contributed by atoms with E-state index in [9.17, 15) is 14.0 Å². The van der Waals surface area contributed by atoms with E-state index in [1.54, 1.807) is 28.4 Å². The van der Waals surface area contributed by atoms with E-state index in [1.165, 1.54) is 18.6 Å². The normalized spacial score (nSPS) is 22.0. The second-order valence-electron chi connectivity index (χ2n) is 8.90. The molecule has 7 heteroatoms. The topological polar surface area (TPSA) is 54.3 Å². The predicted octanol–water partition coefficient (Wildman–Crippen LogP) is 4.71. The number of thiophene rings is 1. The number of hydrogen-bond donors (Lipinski definition) is 1. The Bertz CT molecular complexity index is 1150. The van der Waals surface area contributed by atoms with Crippen LogP contribution in [0.1, 0.15) is 55.1 Å². The molecule has 0 radical (unpaired) electrons. The van der Waals surface area contributed by atoms with Crippen LogP contribution in [0.4, 0.5) is 4.39 Å². The van der Waals surface area contributed by atoms with Crippen molar-refractivity contribution >= 4 is 33.4 Å². The molecule has 2 aromatic heterocycles. The highest BCUT2D eigenvalue weighted by molar-refractivity contribution is 7.16. The number of benzene rings is 1. The molecule has 1 fully saturated rings. The van der Waals surface area contributed by atoms with Gasteiger partial charge in [-0.25, -0.2) is 4.39 Å². The second kappa shape index (κ2) is 7.79. The highest BCUT2D eigenvalue weighted by Crippen LogP contribution is 2.35. The summed E-state index contributed by atoms with van der Waals surface area (Å²) in [6.45, 7) is 2.40. The largest absolute Gasteiger partial charge is 0.351 e. The van der Waals surface area contributed by atoms with Crippen molar-refractivity contribution in [2.45, 2.75) is 63.7 Å². The van der Waals surface area contributed by atoms with Gasteiger partial charge >= 0.3 is 0 Å². The molecule has 5 nitrogen and oxygen atoms in total. The van der Waals surface area contributed by atoms with Crippen LogP contribution in [0.5, 0.6) is 0 Å². The number of halogens is 1. The molecule has 1 aromatic carbocycles. The average molecular weight is 440 g/mol. The minimum absolute atomic E-state index is 0.131. The minimum Gasteiger partial charge on any atom is -0.351 e. The zero-order valence-corrected chi connectivity index (χ0v) is 18.4. The number of aromatic nitrogens is 1. The van der Waals surface area contributed by atoms with Gasteiger partial charge < -0.3 is 14.8 Å². The maximum absolute atomic E-state index is 13.8. The van der Waals surface area contributed by atoms with Crippen LogP contribution >= 0.6 is 11.3 Å². The van der Waals surface area contributed by atoms with Crippen LogP contribution < -0.4 is 5.32 Å². The smallest absolute Gasteiger partial charge is 0.271 e. The third kappa shape index (κ3) is 3.55. The summed E-state index contributed by atoms with van der Waals surface area (Å²) in [5.74, 6) is -0.673. The Hall–Kier alpha value is -2.67. The Morgan fingerprint density at radius 3 is 2.81 bits per heavy atom. The first-order valence-electron chi connectivity index (χ1n) is 10.9. The van der Waals surface area contributed by atoms with Crippen molar-refractivity contribution in [1.29, 1.82) is 0 Å². The molecule has 3 heterocycles. The number of nitrogens with one attached hydrogen (secondary N) is 1. The first-order valence-corrected chi connectivity index (χ1v) is 11.8. The molecule has 0 bridgehead atoms. The molecule has 1 aliphatic heterocycles. The van der Waals surface area contributed by atoms with Gasteiger partial charge in [-0.05, 0) is 55.0 Å². The number of amides is 2. The molecule has 1 saturated carbocycles. The second-order valence-corrected chi connectivity index (χ2v) is 9.79. The Morgan fingerprint density at radius 1 is 1.23 bits per heavy atom. The van der Waals surface area contributed by atoms with E-state index in [-0.39, 0.29) is 30.2 Å². The molecule has 31 heavy (non-hydrogen) atoms. The SMILES string of the molecule is C[C@]1(C(=O)NC2CCCCC2)Cn2c(cc3ccsc32)C(=O)N1Cc1cccc(F)c1. The Kier molecular flexibility index (Phi) is 5.08. The lowest BCUT2D eigenvalue weighted by Gasteiger charge is -2.44. The van der Waals surface area contributed by atoms with E-state index in [1.807, 2.05) is 29.0 Å². The number of rotatable bonds is 4. The van der Waals surface area contributed by atoms with Crippen molar-refractivity contribution in [2.24, 2.45) is 0 Å².